The van der Waals surface area contributed by atoms with Crippen LogP contribution in [0.4, 0.5) is 5.69 Å². The number of amides is 2. The molecule has 1 aliphatic rings. The van der Waals surface area contributed by atoms with Gasteiger partial charge in [-0.05, 0) is 43.2 Å². The predicted octanol–water partition coefficient (Wildman–Crippen LogP) is 2.99. The lowest BCUT2D eigenvalue weighted by atomic mass is 10.2. The van der Waals surface area contributed by atoms with Gasteiger partial charge in [0.2, 0.25) is 11.8 Å². The van der Waals surface area contributed by atoms with Gasteiger partial charge in [-0.15, -0.1) is 0 Å². The van der Waals surface area contributed by atoms with Crippen LogP contribution < -0.4 is 24.8 Å². The average Bonchev–Trinajstić information content (AvgIpc) is 3.54. The number of para-hydroxylation sites is 2. The van der Waals surface area contributed by atoms with Crippen molar-refractivity contribution in [1.82, 2.24) is 5.32 Å². The summed E-state index contributed by atoms with van der Waals surface area (Å²) in [5.74, 6) is 0.939. The van der Waals surface area contributed by atoms with Gasteiger partial charge in [-0.1, -0.05) is 18.2 Å². The van der Waals surface area contributed by atoms with Crippen LogP contribution in [0.2, 0.25) is 0 Å². The molecule has 0 bridgehead atoms. The number of benzene rings is 2. The van der Waals surface area contributed by atoms with E-state index in [0.717, 1.165) is 5.56 Å². The van der Waals surface area contributed by atoms with Crippen LogP contribution in [0.1, 0.15) is 18.9 Å². The topological polar surface area (TPSA) is 85.9 Å². The van der Waals surface area contributed by atoms with E-state index in [-0.39, 0.29) is 23.7 Å². The first-order valence-electron chi connectivity index (χ1n) is 9.58. The van der Waals surface area contributed by atoms with Crippen molar-refractivity contribution in [3.63, 3.8) is 0 Å². The molecule has 2 aromatic rings. The van der Waals surface area contributed by atoms with Gasteiger partial charge in [0.25, 0.3) is 0 Å². The highest BCUT2D eigenvalue weighted by molar-refractivity contribution is 6.00. The molecule has 1 aliphatic carbocycles. The van der Waals surface area contributed by atoms with Crippen molar-refractivity contribution in [2.24, 2.45) is 11.8 Å². The Balaban J connectivity index is 1.52. The molecule has 2 atom stereocenters. The Kier molecular flexibility index (Phi) is 6.59. The van der Waals surface area contributed by atoms with Gasteiger partial charge in [0.1, 0.15) is 5.75 Å². The Hall–Kier alpha value is -3.22. The van der Waals surface area contributed by atoms with E-state index in [2.05, 4.69) is 10.6 Å². The minimum atomic E-state index is -0.324. The smallest absolute Gasteiger partial charge is 0.228 e. The van der Waals surface area contributed by atoms with Crippen LogP contribution in [-0.4, -0.2) is 32.6 Å². The van der Waals surface area contributed by atoms with E-state index in [4.69, 9.17) is 14.2 Å². The summed E-state index contributed by atoms with van der Waals surface area (Å²) in [5.41, 5.74) is 1.51. The van der Waals surface area contributed by atoms with E-state index >= 15 is 0 Å². The number of hydrogen-bond acceptors (Lipinski definition) is 5. The standard InChI is InChI=1S/C22H26N2O5/c1-4-29-18-8-6-5-7-17(18)24-22(26)16-12-15(16)21(25)23-13-14-9-10-19(27-2)20(11-14)28-3/h5-11,15-16H,4,12-13H2,1-3H3,(H,23,25)(H,24,26). The highest BCUT2D eigenvalue weighted by Gasteiger charge is 2.48. The molecule has 1 saturated carbocycles. The normalized spacial score (nSPS) is 17.2. The fourth-order valence-electron chi connectivity index (χ4n) is 3.16. The van der Waals surface area contributed by atoms with Crippen molar-refractivity contribution < 1.29 is 23.8 Å². The molecular weight excluding hydrogens is 372 g/mol. The van der Waals surface area contributed by atoms with Crippen LogP contribution in [0.15, 0.2) is 42.5 Å². The van der Waals surface area contributed by atoms with Crippen LogP contribution in [-0.2, 0) is 16.1 Å². The van der Waals surface area contributed by atoms with Gasteiger partial charge in [-0.3, -0.25) is 9.59 Å². The fraction of sp³-hybridized carbons (Fsp3) is 0.364. The predicted molar refractivity (Wildman–Crippen MR) is 109 cm³/mol. The Bertz CT molecular complexity index is 883. The third kappa shape index (κ3) is 4.99. The molecule has 154 valence electrons. The zero-order valence-electron chi connectivity index (χ0n) is 16.9. The Morgan fingerprint density at radius 3 is 2.41 bits per heavy atom. The zero-order valence-corrected chi connectivity index (χ0v) is 16.9. The molecule has 2 amide bonds. The van der Waals surface area contributed by atoms with Crippen LogP contribution >= 0.6 is 0 Å². The van der Waals surface area contributed by atoms with Gasteiger partial charge < -0.3 is 24.8 Å². The van der Waals surface area contributed by atoms with Crippen molar-refractivity contribution >= 4 is 17.5 Å². The van der Waals surface area contributed by atoms with Crippen molar-refractivity contribution in [1.29, 1.82) is 0 Å². The monoisotopic (exact) mass is 398 g/mol. The third-order valence-corrected chi connectivity index (χ3v) is 4.82. The molecule has 0 spiro atoms. The van der Waals surface area contributed by atoms with Gasteiger partial charge >= 0.3 is 0 Å². The zero-order chi connectivity index (χ0) is 20.8. The van der Waals surface area contributed by atoms with Crippen LogP contribution in [0.5, 0.6) is 17.2 Å². The molecule has 1 fully saturated rings. The van der Waals surface area contributed by atoms with Crippen LogP contribution in [0, 0.1) is 11.8 Å². The number of carbonyl (C=O) groups is 2. The Morgan fingerprint density at radius 1 is 0.966 bits per heavy atom. The molecule has 0 saturated heterocycles. The fourth-order valence-corrected chi connectivity index (χ4v) is 3.16. The van der Waals surface area contributed by atoms with Crippen LogP contribution in [0.25, 0.3) is 0 Å². The summed E-state index contributed by atoms with van der Waals surface area (Å²) < 4.78 is 16.0. The maximum absolute atomic E-state index is 12.5. The molecule has 2 unspecified atom stereocenters. The second-order valence-electron chi connectivity index (χ2n) is 6.77. The number of nitrogens with one attached hydrogen (secondary N) is 2. The maximum atomic E-state index is 12.5. The Labute approximate surface area is 170 Å². The third-order valence-electron chi connectivity index (χ3n) is 4.82. The molecule has 3 rings (SSSR count). The number of hydrogen-bond donors (Lipinski definition) is 2. The number of ether oxygens (including phenoxy) is 3. The van der Waals surface area contributed by atoms with Crippen molar-refractivity contribution in [2.75, 3.05) is 26.1 Å². The van der Waals surface area contributed by atoms with Gasteiger partial charge in [-0.25, -0.2) is 0 Å². The number of carbonyl (C=O) groups excluding carboxylic acids is 2. The quantitative estimate of drug-likeness (QED) is 0.678. The molecule has 0 radical (unpaired) electrons. The van der Waals surface area contributed by atoms with E-state index in [0.29, 0.717) is 42.5 Å². The first-order valence-corrected chi connectivity index (χ1v) is 9.58. The minimum absolute atomic E-state index is 0.127. The summed E-state index contributed by atoms with van der Waals surface area (Å²) in [5, 5.41) is 5.76. The molecule has 2 N–H and O–H groups in total. The largest absolute Gasteiger partial charge is 0.493 e. The number of methoxy groups -OCH3 is 2. The molecule has 0 heterocycles. The highest BCUT2D eigenvalue weighted by Crippen LogP contribution is 2.40. The number of rotatable bonds is 9. The molecule has 7 heteroatoms. The van der Waals surface area contributed by atoms with Gasteiger partial charge in [0.05, 0.1) is 38.3 Å². The summed E-state index contributed by atoms with van der Waals surface area (Å²) in [6.07, 6.45) is 0.542. The van der Waals surface area contributed by atoms with Crippen molar-refractivity contribution in [3.8, 4) is 17.2 Å². The average molecular weight is 398 g/mol. The van der Waals surface area contributed by atoms with Crippen LogP contribution in [0.3, 0.4) is 0 Å². The second kappa shape index (κ2) is 9.32. The van der Waals surface area contributed by atoms with Gasteiger partial charge in [0.15, 0.2) is 11.5 Å². The first-order chi connectivity index (χ1) is 14.1. The molecule has 0 aliphatic heterocycles. The van der Waals surface area contributed by atoms with Crippen molar-refractivity contribution in [3.05, 3.63) is 48.0 Å². The summed E-state index contributed by atoms with van der Waals surface area (Å²) in [7, 11) is 3.14. The molecule has 29 heavy (non-hydrogen) atoms. The molecule has 7 nitrogen and oxygen atoms in total. The minimum Gasteiger partial charge on any atom is -0.493 e. The Morgan fingerprint density at radius 2 is 1.69 bits per heavy atom. The van der Waals surface area contributed by atoms with E-state index in [1.165, 1.54) is 0 Å². The lowest BCUT2D eigenvalue weighted by Crippen LogP contribution is -2.27. The summed E-state index contributed by atoms with van der Waals surface area (Å²) in [6, 6.07) is 12.8. The van der Waals surface area contributed by atoms with E-state index < -0.39 is 0 Å². The molecular formula is C22H26N2O5. The highest BCUT2D eigenvalue weighted by atomic mass is 16.5. The van der Waals surface area contributed by atoms with E-state index in [1.807, 2.05) is 31.2 Å². The van der Waals surface area contributed by atoms with E-state index in [1.54, 1.807) is 32.4 Å². The van der Waals surface area contributed by atoms with Gasteiger partial charge in [0, 0.05) is 6.54 Å². The molecule has 0 aromatic heterocycles. The maximum Gasteiger partial charge on any atom is 0.228 e. The first kappa shape index (κ1) is 20.5. The summed E-state index contributed by atoms with van der Waals surface area (Å²) in [6.45, 7) is 2.76. The second-order valence-corrected chi connectivity index (χ2v) is 6.77. The molecule has 2 aromatic carbocycles. The lowest BCUT2D eigenvalue weighted by Gasteiger charge is -2.11. The summed E-state index contributed by atoms with van der Waals surface area (Å²) >= 11 is 0. The number of anilines is 1. The van der Waals surface area contributed by atoms with E-state index in [9.17, 15) is 9.59 Å². The SMILES string of the molecule is CCOc1ccccc1NC(=O)C1CC1C(=O)NCc1ccc(OC)c(OC)c1. The summed E-state index contributed by atoms with van der Waals surface area (Å²) in [4.78, 5) is 24.9. The van der Waals surface area contributed by atoms with Crippen molar-refractivity contribution in [2.45, 2.75) is 19.9 Å². The van der Waals surface area contributed by atoms with Gasteiger partial charge in [-0.2, -0.15) is 0 Å². The lowest BCUT2D eigenvalue weighted by molar-refractivity contribution is -0.125.